The van der Waals surface area contributed by atoms with Crippen molar-refractivity contribution in [1.82, 2.24) is 9.55 Å². The number of rotatable bonds is 2. The van der Waals surface area contributed by atoms with Gasteiger partial charge in [0.05, 0.1) is 12.8 Å². The highest BCUT2D eigenvalue weighted by Gasteiger charge is 2.14. The average Bonchev–Trinajstić information content (AvgIpc) is 2.57. The molecule has 0 aliphatic carbocycles. The zero-order valence-corrected chi connectivity index (χ0v) is 9.45. The van der Waals surface area contributed by atoms with E-state index in [0.29, 0.717) is 5.75 Å². The van der Waals surface area contributed by atoms with E-state index in [4.69, 9.17) is 10.5 Å². The smallest absolute Gasteiger partial charge is 0.327 e. The summed E-state index contributed by atoms with van der Waals surface area (Å²) in [6.45, 7) is 0. The molecule has 90 valence electrons. The van der Waals surface area contributed by atoms with Crippen LogP contribution >= 0.6 is 0 Å². The fourth-order valence-corrected chi connectivity index (χ4v) is 1.56. The minimum atomic E-state index is -0.502. The Morgan fingerprint density at radius 1 is 1.47 bits per heavy atom. The van der Waals surface area contributed by atoms with Crippen molar-refractivity contribution in [3.8, 4) is 17.0 Å². The Balaban J connectivity index is 2.61. The number of methoxy groups -OCH3 is 1. The van der Waals surface area contributed by atoms with Crippen LogP contribution in [0.4, 0.5) is 10.2 Å². The molecule has 0 fully saturated rings. The molecular weight excluding hydrogens is 225 g/mol. The van der Waals surface area contributed by atoms with Crippen LogP contribution in [0.25, 0.3) is 11.3 Å². The molecule has 2 aromatic rings. The van der Waals surface area contributed by atoms with Gasteiger partial charge in [0, 0.05) is 18.7 Å². The number of H-pyrrole nitrogens is 1. The molecule has 0 aliphatic rings. The highest BCUT2D eigenvalue weighted by Crippen LogP contribution is 2.27. The second-order valence-corrected chi connectivity index (χ2v) is 3.60. The lowest BCUT2D eigenvalue weighted by molar-refractivity contribution is 0.411. The average molecular weight is 237 g/mol. The molecule has 0 bridgehead atoms. The van der Waals surface area contributed by atoms with E-state index >= 15 is 0 Å². The lowest BCUT2D eigenvalue weighted by Gasteiger charge is -2.05. The molecule has 5 nitrogen and oxygen atoms in total. The topological polar surface area (TPSA) is 73.0 Å². The van der Waals surface area contributed by atoms with Gasteiger partial charge in [-0.1, -0.05) is 0 Å². The van der Waals surface area contributed by atoms with Crippen molar-refractivity contribution < 1.29 is 9.13 Å². The maximum atomic E-state index is 13.8. The van der Waals surface area contributed by atoms with Crippen LogP contribution in [0.5, 0.6) is 5.75 Å². The zero-order chi connectivity index (χ0) is 12.6. The molecule has 1 heterocycles. The van der Waals surface area contributed by atoms with Gasteiger partial charge in [0.15, 0.2) is 0 Å². The molecule has 0 saturated heterocycles. The van der Waals surface area contributed by atoms with Gasteiger partial charge in [-0.05, 0) is 12.1 Å². The minimum Gasteiger partial charge on any atom is -0.497 e. The number of aromatic nitrogens is 2. The predicted octanol–water partition coefficient (Wildman–Crippen LogP) is 1.11. The summed E-state index contributed by atoms with van der Waals surface area (Å²) in [4.78, 5) is 13.9. The van der Waals surface area contributed by atoms with Gasteiger partial charge in [0.2, 0.25) is 0 Å². The first-order valence-electron chi connectivity index (χ1n) is 4.93. The number of halogens is 1. The first-order valence-corrected chi connectivity index (χ1v) is 4.93. The summed E-state index contributed by atoms with van der Waals surface area (Å²) < 4.78 is 19.9. The van der Waals surface area contributed by atoms with E-state index in [2.05, 4.69) is 4.98 Å². The van der Waals surface area contributed by atoms with E-state index in [1.165, 1.54) is 30.9 Å². The fraction of sp³-hybridized carbons (Fsp3) is 0.182. The highest BCUT2D eigenvalue weighted by atomic mass is 19.1. The first kappa shape index (κ1) is 11.3. The number of aromatic amines is 1. The highest BCUT2D eigenvalue weighted by molar-refractivity contribution is 5.71. The Bertz CT molecular complexity index is 616. The van der Waals surface area contributed by atoms with Gasteiger partial charge >= 0.3 is 5.69 Å². The van der Waals surface area contributed by atoms with E-state index in [0.717, 1.165) is 0 Å². The third-order valence-electron chi connectivity index (χ3n) is 2.60. The van der Waals surface area contributed by atoms with Crippen LogP contribution < -0.4 is 16.2 Å². The van der Waals surface area contributed by atoms with E-state index < -0.39 is 5.82 Å². The summed E-state index contributed by atoms with van der Waals surface area (Å²) in [6, 6.07) is 4.35. The second kappa shape index (κ2) is 3.97. The quantitative estimate of drug-likeness (QED) is 0.821. The second-order valence-electron chi connectivity index (χ2n) is 3.60. The summed E-state index contributed by atoms with van der Waals surface area (Å²) in [6.07, 6.45) is 0. The Kier molecular flexibility index (Phi) is 2.63. The molecule has 3 N–H and O–H groups in total. The lowest BCUT2D eigenvalue weighted by Crippen LogP contribution is -2.13. The fourth-order valence-electron chi connectivity index (χ4n) is 1.56. The van der Waals surface area contributed by atoms with Crippen LogP contribution in [-0.4, -0.2) is 16.7 Å². The molecule has 0 atom stereocenters. The number of nitrogens with one attached hydrogen (secondary N) is 1. The van der Waals surface area contributed by atoms with Crippen LogP contribution in [0.2, 0.25) is 0 Å². The Hall–Kier alpha value is -2.24. The molecule has 0 spiro atoms. The summed E-state index contributed by atoms with van der Waals surface area (Å²) in [5.41, 5.74) is 5.84. The number of hydrogen-bond donors (Lipinski definition) is 2. The summed E-state index contributed by atoms with van der Waals surface area (Å²) in [7, 11) is 2.96. The minimum absolute atomic E-state index is 0.194. The molecule has 0 amide bonds. The van der Waals surface area contributed by atoms with Gasteiger partial charge in [0.1, 0.15) is 17.4 Å². The zero-order valence-electron chi connectivity index (χ0n) is 9.45. The van der Waals surface area contributed by atoms with Crippen LogP contribution in [0, 0.1) is 5.82 Å². The van der Waals surface area contributed by atoms with E-state index in [-0.39, 0.29) is 22.8 Å². The van der Waals surface area contributed by atoms with Crippen molar-refractivity contribution in [3.63, 3.8) is 0 Å². The summed E-state index contributed by atoms with van der Waals surface area (Å²) in [5, 5.41) is 0. The van der Waals surface area contributed by atoms with Crippen LogP contribution in [0.15, 0.2) is 23.0 Å². The number of nitrogens with zero attached hydrogens (tertiary/aromatic N) is 1. The third-order valence-corrected chi connectivity index (χ3v) is 2.60. The SMILES string of the molecule is COc1ccc(-c2[nH]c(=O)n(C)c2N)c(F)c1. The molecule has 0 radical (unpaired) electrons. The Labute approximate surface area is 96.6 Å². The molecule has 0 saturated carbocycles. The number of anilines is 1. The van der Waals surface area contributed by atoms with Gasteiger partial charge in [-0.15, -0.1) is 0 Å². The van der Waals surface area contributed by atoms with Gasteiger partial charge < -0.3 is 15.5 Å². The number of imidazole rings is 1. The first-order chi connectivity index (χ1) is 8.04. The molecule has 6 heteroatoms. The Morgan fingerprint density at radius 3 is 2.65 bits per heavy atom. The monoisotopic (exact) mass is 237 g/mol. The standard InChI is InChI=1S/C11H12FN3O2/c1-15-10(13)9(14-11(15)16)7-4-3-6(17-2)5-8(7)12/h3-5H,13H2,1-2H3,(H,14,16). The van der Waals surface area contributed by atoms with Crippen molar-refractivity contribution in [2.24, 2.45) is 7.05 Å². The van der Waals surface area contributed by atoms with Crippen molar-refractivity contribution in [2.45, 2.75) is 0 Å². The number of benzene rings is 1. The molecule has 0 unspecified atom stereocenters. The van der Waals surface area contributed by atoms with Crippen molar-refractivity contribution in [2.75, 3.05) is 12.8 Å². The maximum absolute atomic E-state index is 13.8. The third kappa shape index (κ3) is 1.77. The summed E-state index contributed by atoms with van der Waals surface area (Å²) in [5.74, 6) is 0.0973. The van der Waals surface area contributed by atoms with Gasteiger partial charge in [-0.25, -0.2) is 9.18 Å². The van der Waals surface area contributed by atoms with Crippen LogP contribution in [0.3, 0.4) is 0 Å². The predicted molar refractivity (Wildman–Crippen MR) is 62.4 cm³/mol. The van der Waals surface area contributed by atoms with E-state index in [1.807, 2.05) is 0 Å². The lowest BCUT2D eigenvalue weighted by atomic mass is 10.1. The van der Waals surface area contributed by atoms with Crippen LogP contribution in [-0.2, 0) is 7.05 Å². The number of nitrogens with two attached hydrogens (primary N) is 1. The Morgan fingerprint density at radius 2 is 2.18 bits per heavy atom. The number of ether oxygens (including phenoxy) is 1. The van der Waals surface area contributed by atoms with Crippen molar-refractivity contribution >= 4 is 5.82 Å². The van der Waals surface area contributed by atoms with Crippen molar-refractivity contribution in [3.05, 3.63) is 34.5 Å². The number of hydrogen-bond acceptors (Lipinski definition) is 3. The van der Waals surface area contributed by atoms with Gasteiger partial charge in [-0.2, -0.15) is 0 Å². The van der Waals surface area contributed by atoms with E-state index in [1.54, 1.807) is 6.07 Å². The normalized spacial score (nSPS) is 10.5. The largest absolute Gasteiger partial charge is 0.497 e. The van der Waals surface area contributed by atoms with Gasteiger partial charge in [-0.3, -0.25) is 4.57 Å². The van der Waals surface area contributed by atoms with Crippen molar-refractivity contribution in [1.29, 1.82) is 0 Å². The van der Waals surface area contributed by atoms with Crippen LogP contribution in [0.1, 0.15) is 0 Å². The molecular formula is C11H12FN3O2. The van der Waals surface area contributed by atoms with Gasteiger partial charge in [0.25, 0.3) is 0 Å². The molecule has 2 rings (SSSR count). The summed E-state index contributed by atoms with van der Waals surface area (Å²) >= 11 is 0. The molecule has 0 aliphatic heterocycles. The molecule has 1 aromatic heterocycles. The maximum Gasteiger partial charge on any atom is 0.327 e. The van der Waals surface area contributed by atoms with E-state index in [9.17, 15) is 9.18 Å². The molecule has 1 aromatic carbocycles. The molecule has 17 heavy (non-hydrogen) atoms. The number of nitrogen functional groups attached to an aromatic ring is 1.